The highest BCUT2D eigenvalue weighted by Crippen LogP contribution is 2.31. The number of aromatic nitrogens is 1. The molecule has 60 valence electrons. The van der Waals surface area contributed by atoms with Crippen LogP contribution >= 0.6 is 34.7 Å². The normalized spacial score (nSPS) is 18.3. The molecule has 1 saturated heterocycles. The van der Waals surface area contributed by atoms with Crippen molar-refractivity contribution >= 4 is 34.7 Å². The molecule has 2 rings (SSSR count). The van der Waals surface area contributed by atoms with Gasteiger partial charge < -0.3 is 4.74 Å². The van der Waals surface area contributed by atoms with Gasteiger partial charge in [-0.1, -0.05) is 23.4 Å². The van der Waals surface area contributed by atoms with E-state index in [9.17, 15) is 0 Å². The summed E-state index contributed by atoms with van der Waals surface area (Å²) >= 11 is 9.00. The minimum absolute atomic E-state index is 0.595. The van der Waals surface area contributed by atoms with E-state index in [4.69, 9.17) is 16.3 Å². The van der Waals surface area contributed by atoms with Gasteiger partial charge in [-0.3, -0.25) is 0 Å². The predicted octanol–water partition coefficient (Wildman–Crippen LogP) is 2.29. The molecule has 0 spiro atoms. The Labute approximate surface area is 77.9 Å². The lowest BCUT2D eigenvalue weighted by Crippen LogP contribution is -2.29. The van der Waals surface area contributed by atoms with Gasteiger partial charge in [-0.15, -0.1) is 11.3 Å². The van der Waals surface area contributed by atoms with E-state index >= 15 is 0 Å². The van der Waals surface area contributed by atoms with E-state index in [0.717, 1.165) is 17.6 Å². The lowest BCUT2D eigenvalue weighted by atomic mass is 10.4. The first-order valence-corrected chi connectivity index (χ1v) is 5.34. The van der Waals surface area contributed by atoms with Crippen molar-refractivity contribution in [3.63, 3.8) is 0 Å². The molecule has 1 aliphatic heterocycles. The lowest BCUT2D eigenvalue weighted by Gasteiger charge is -2.23. The zero-order chi connectivity index (χ0) is 7.68. The molecule has 11 heavy (non-hydrogen) atoms. The monoisotopic (exact) mass is 207 g/mol. The van der Waals surface area contributed by atoms with Gasteiger partial charge in [-0.2, -0.15) is 0 Å². The molecular formula is C6H6ClNOS2. The predicted molar refractivity (Wildman–Crippen MR) is 47.6 cm³/mol. The van der Waals surface area contributed by atoms with Crippen molar-refractivity contribution in [2.24, 2.45) is 0 Å². The SMILES string of the molecule is Clc1csc(SC2COC2)n1. The summed E-state index contributed by atoms with van der Waals surface area (Å²) in [6.07, 6.45) is 0. The molecule has 0 amide bonds. The molecule has 1 aromatic heterocycles. The first-order chi connectivity index (χ1) is 5.34. The summed E-state index contributed by atoms with van der Waals surface area (Å²) in [5.41, 5.74) is 0. The van der Waals surface area contributed by atoms with Crippen LogP contribution in [0.1, 0.15) is 0 Å². The first-order valence-electron chi connectivity index (χ1n) is 3.20. The van der Waals surface area contributed by atoms with Crippen molar-refractivity contribution in [2.45, 2.75) is 9.59 Å². The summed E-state index contributed by atoms with van der Waals surface area (Å²) in [6.45, 7) is 1.70. The van der Waals surface area contributed by atoms with Gasteiger partial charge in [0.15, 0.2) is 4.34 Å². The molecule has 1 aromatic rings. The highest BCUT2D eigenvalue weighted by Gasteiger charge is 2.20. The molecular weight excluding hydrogens is 202 g/mol. The first kappa shape index (κ1) is 7.86. The Balaban J connectivity index is 1.95. The average Bonchev–Trinajstić information content (AvgIpc) is 2.27. The van der Waals surface area contributed by atoms with Crippen LogP contribution in [0.2, 0.25) is 5.15 Å². The average molecular weight is 208 g/mol. The van der Waals surface area contributed by atoms with Gasteiger partial charge in [-0.05, 0) is 0 Å². The fourth-order valence-corrected chi connectivity index (χ4v) is 2.98. The second-order valence-corrected chi connectivity index (χ2v) is 5.01. The zero-order valence-electron chi connectivity index (χ0n) is 5.62. The Morgan fingerprint density at radius 2 is 2.55 bits per heavy atom. The van der Waals surface area contributed by atoms with Crippen LogP contribution < -0.4 is 0 Å². The smallest absolute Gasteiger partial charge is 0.152 e. The molecule has 0 saturated carbocycles. The van der Waals surface area contributed by atoms with Crippen LogP contribution in [0.15, 0.2) is 9.72 Å². The molecule has 0 aromatic carbocycles. The Morgan fingerprint density at radius 3 is 3.00 bits per heavy atom. The van der Waals surface area contributed by atoms with E-state index in [2.05, 4.69) is 4.98 Å². The highest BCUT2D eigenvalue weighted by molar-refractivity contribution is 8.01. The molecule has 1 aliphatic rings. The maximum Gasteiger partial charge on any atom is 0.152 e. The number of nitrogens with zero attached hydrogens (tertiary/aromatic N) is 1. The number of thiazole rings is 1. The van der Waals surface area contributed by atoms with Crippen LogP contribution in [0, 0.1) is 0 Å². The second kappa shape index (κ2) is 3.31. The van der Waals surface area contributed by atoms with Crippen molar-refractivity contribution in [2.75, 3.05) is 13.2 Å². The molecule has 5 heteroatoms. The topological polar surface area (TPSA) is 22.1 Å². The van der Waals surface area contributed by atoms with Gasteiger partial charge in [0.2, 0.25) is 0 Å². The van der Waals surface area contributed by atoms with Crippen LogP contribution in [-0.2, 0) is 4.74 Å². The van der Waals surface area contributed by atoms with Gasteiger partial charge >= 0.3 is 0 Å². The molecule has 2 nitrogen and oxygen atoms in total. The van der Waals surface area contributed by atoms with Crippen LogP contribution in [-0.4, -0.2) is 23.4 Å². The fraction of sp³-hybridized carbons (Fsp3) is 0.500. The van der Waals surface area contributed by atoms with Crippen molar-refractivity contribution in [3.05, 3.63) is 10.5 Å². The summed E-state index contributed by atoms with van der Waals surface area (Å²) in [7, 11) is 0. The van der Waals surface area contributed by atoms with Gasteiger partial charge in [0.25, 0.3) is 0 Å². The summed E-state index contributed by atoms with van der Waals surface area (Å²) in [5.74, 6) is 0. The molecule has 0 bridgehead atoms. The van der Waals surface area contributed by atoms with Crippen molar-refractivity contribution in [3.8, 4) is 0 Å². The highest BCUT2D eigenvalue weighted by atomic mass is 35.5. The largest absolute Gasteiger partial charge is 0.379 e. The van der Waals surface area contributed by atoms with Crippen LogP contribution in [0.5, 0.6) is 0 Å². The Kier molecular flexibility index (Phi) is 2.36. The minimum atomic E-state index is 0.595. The van der Waals surface area contributed by atoms with Gasteiger partial charge in [-0.25, -0.2) is 4.98 Å². The molecule has 0 atom stereocenters. The van der Waals surface area contributed by atoms with E-state index in [0.29, 0.717) is 10.4 Å². The van der Waals surface area contributed by atoms with Gasteiger partial charge in [0, 0.05) is 5.38 Å². The Morgan fingerprint density at radius 1 is 1.73 bits per heavy atom. The maximum atomic E-state index is 5.66. The lowest BCUT2D eigenvalue weighted by molar-refractivity contribution is 0.0455. The van der Waals surface area contributed by atoms with Gasteiger partial charge in [0.05, 0.1) is 18.5 Å². The quantitative estimate of drug-likeness (QED) is 0.743. The van der Waals surface area contributed by atoms with Crippen molar-refractivity contribution in [1.29, 1.82) is 0 Å². The standard InChI is InChI=1S/C6H6ClNOS2/c7-5-3-10-6(8-5)11-4-1-9-2-4/h3-4H,1-2H2. The van der Waals surface area contributed by atoms with E-state index in [1.165, 1.54) is 0 Å². The number of halogens is 1. The summed E-state index contributed by atoms with van der Waals surface area (Å²) in [6, 6.07) is 0. The van der Waals surface area contributed by atoms with E-state index in [-0.39, 0.29) is 0 Å². The summed E-state index contributed by atoms with van der Waals surface area (Å²) < 4.78 is 6.08. The third-order valence-corrected chi connectivity index (χ3v) is 3.76. The third kappa shape index (κ3) is 1.87. The van der Waals surface area contributed by atoms with E-state index in [1.807, 2.05) is 5.38 Å². The number of hydrogen-bond acceptors (Lipinski definition) is 4. The van der Waals surface area contributed by atoms with E-state index < -0.39 is 0 Å². The minimum Gasteiger partial charge on any atom is -0.379 e. The maximum absolute atomic E-state index is 5.66. The molecule has 0 aliphatic carbocycles. The number of hydrogen-bond donors (Lipinski definition) is 0. The third-order valence-electron chi connectivity index (χ3n) is 1.33. The van der Waals surface area contributed by atoms with Crippen LogP contribution in [0.25, 0.3) is 0 Å². The fourth-order valence-electron chi connectivity index (χ4n) is 0.718. The summed E-state index contributed by atoms with van der Waals surface area (Å²) in [4.78, 5) is 4.12. The summed E-state index contributed by atoms with van der Waals surface area (Å²) in [5, 5.41) is 3.04. The molecule has 1 fully saturated rings. The molecule has 0 unspecified atom stereocenters. The second-order valence-electron chi connectivity index (χ2n) is 2.21. The molecule has 0 N–H and O–H groups in total. The number of thioether (sulfide) groups is 1. The molecule has 0 radical (unpaired) electrons. The van der Waals surface area contributed by atoms with Crippen molar-refractivity contribution in [1.82, 2.24) is 4.98 Å². The number of ether oxygens (including phenoxy) is 1. The van der Waals surface area contributed by atoms with Crippen molar-refractivity contribution < 1.29 is 4.74 Å². The zero-order valence-corrected chi connectivity index (χ0v) is 8.01. The molecule has 2 heterocycles. The van der Waals surface area contributed by atoms with Crippen LogP contribution in [0.4, 0.5) is 0 Å². The van der Waals surface area contributed by atoms with E-state index in [1.54, 1.807) is 23.1 Å². The van der Waals surface area contributed by atoms with Gasteiger partial charge in [0.1, 0.15) is 5.15 Å². The van der Waals surface area contributed by atoms with Crippen LogP contribution in [0.3, 0.4) is 0 Å². The Hall–Kier alpha value is 0.230. The number of rotatable bonds is 2. The Bertz CT molecular complexity index is 248.